The maximum atomic E-state index is 13.5. The molecule has 0 aliphatic heterocycles. The zero-order valence-electron chi connectivity index (χ0n) is 19.1. The standard InChI is InChI=1S/C28H27NO3S/c1-19(2)15-16-32-24-14-13-20(18-25(24)31-3)17-22(27(30)21-9-5-4-6-10-21)28-29-23-11-7-8-12-26(23)33-28/h4-14,17-19H,15-16H2,1-3H3. The van der Waals surface area contributed by atoms with Gasteiger partial charge in [0.05, 0.1) is 29.5 Å². The smallest absolute Gasteiger partial charge is 0.196 e. The van der Waals surface area contributed by atoms with Crippen LogP contribution >= 0.6 is 11.3 Å². The normalized spacial score (nSPS) is 11.7. The van der Waals surface area contributed by atoms with Crippen LogP contribution in [0.5, 0.6) is 11.5 Å². The van der Waals surface area contributed by atoms with Crippen LogP contribution in [-0.2, 0) is 0 Å². The first kappa shape index (κ1) is 22.7. The van der Waals surface area contributed by atoms with Gasteiger partial charge in [0.2, 0.25) is 0 Å². The highest BCUT2D eigenvalue weighted by atomic mass is 32.1. The predicted octanol–water partition coefficient (Wildman–Crippen LogP) is 7.15. The second-order valence-corrected chi connectivity index (χ2v) is 9.21. The Morgan fingerprint density at radius 2 is 1.76 bits per heavy atom. The molecular weight excluding hydrogens is 430 g/mol. The van der Waals surface area contributed by atoms with Gasteiger partial charge in [0.15, 0.2) is 17.3 Å². The fraction of sp³-hybridized carbons (Fsp3) is 0.214. The molecule has 0 aliphatic rings. The van der Waals surface area contributed by atoms with Crippen LogP contribution in [0.1, 0.15) is 41.2 Å². The number of Topliss-reactive ketones (excluding diaryl/α,β-unsaturated/α-hetero) is 1. The lowest BCUT2D eigenvalue weighted by Gasteiger charge is -2.13. The molecule has 0 radical (unpaired) electrons. The molecule has 0 saturated carbocycles. The van der Waals surface area contributed by atoms with Gasteiger partial charge in [0, 0.05) is 5.56 Å². The summed E-state index contributed by atoms with van der Waals surface area (Å²) in [5.74, 6) is 1.85. The molecule has 0 N–H and O–H groups in total. The highest BCUT2D eigenvalue weighted by Crippen LogP contribution is 2.33. The topological polar surface area (TPSA) is 48.4 Å². The van der Waals surface area contributed by atoms with E-state index in [1.807, 2.05) is 78.9 Å². The second kappa shape index (κ2) is 10.5. The number of aromatic nitrogens is 1. The molecule has 4 aromatic rings. The lowest BCUT2D eigenvalue weighted by molar-refractivity contribution is 0.105. The Labute approximate surface area is 198 Å². The van der Waals surface area contributed by atoms with Gasteiger partial charge in [0.1, 0.15) is 5.01 Å². The van der Waals surface area contributed by atoms with Gasteiger partial charge in [0.25, 0.3) is 0 Å². The fourth-order valence-corrected chi connectivity index (χ4v) is 4.40. The summed E-state index contributed by atoms with van der Waals surface area (Å²) in [5, 5.41) is 0.696. The first-order chi connectivity index (χ1) is 16.0. The van der Waals surface area contributed by atoms with Gasteiger partial charge in [-0.2, -0.15) is 0 Å². The monoisotopic (exact) mass is 457 g/mol. The van der Waals surface area contributed by atoms with Crippen molar-refractivity contribution in [3.05, 3.63) is 88.9 Å². The quantitative estimate of drug-likeness (QED) is 0.198. The molecule has 168 valence electrons. The molecule has 4 rings (SSSR count). The van der Waals surface area contributed by atoms with Gasteiger partial charge in [-0.1, -0.05) is 62.4 Å². The zero-order chi connectivity index (χ0) is 23.2. The van der Waals surface area contributed by atoms with Gasteiger partial charge >= 0.3 is 0 Å². The van der Waals surface area contributed by atoms with Crippen molar-refractivity contribution in [2.75, 3.05) is 13.7 Å². The van der Waals surface area contributed by atoms with Crippen LogP contribution < -0.4 is 9.47 Å². The molecule has 0 saturated heterocycles. The molecule has 5 heteroatoms. The summed E-state index contributed by atoms with van der Waals surface area (Å²) in [6.45, 7) is 4.97. The van der Waals surface area contributed by atoms with E-state index in [0.717, 1.165) is 22.2 Å². The summed E-state index contributed by atoms with van der Waals surface area (Å²) in [5.41, 5.74) is 2.92. The van der Waals surface area contributed by atoms with Crippen LogP contribution in [0.4, 0.5) is 0 Å². The molecule has 0 aliphatic carbocycles. The van der Waals surface area contributed by atoms with Crippen LogP contribution in [0.25, 0.3) is 21.9 Å². The predicted molar refractivity (Wildman–Crippen MR) is 136 cm³/mol. The molecule has 1 heterocycles. The third kappa shape index (κ3) is 5.49. The summed E-state index contributed by atoms with van der Waals surface area (Å²) < 4.78 is 12.5. The molecule has 0 fully saturated rings. The molecule has 0 unspecified atom stereocenters. The summed E-state index contributed by atoms with van der Waals surface area (Å²) in [6.07, 6.45) is 2.85. The average molecular weight is 458 g/mol. The van der Waals surface area contributed by atoms with E-state index in [1.165, 1.54) is 11.3 Å². The Hall–Kier alpha value is -3.44. The van der Waals surface area contributed by atoms with E-state index in [4.69, 9.17) is 14.5 Å². The van der Waals surface area contributed by atoms with Gasteiger partial charge in [-0.15, -0.1) is 11.3 Å². The van der Waals surface area contributed by atoms with Crippen molar-refractivity contribution < 1.29 is 14.3 Å². The average Bonchev–Trinajstić information content (AvgIpc) is 3.27. The number of ether oxygens (including phenoxy) is 2. The van der Waals surface area contributed by atoms with Crippen LogP contribution in [-0.4, -0.2) is 24.5 Å². The number of methoxy groups -OCH3 is 1. The number of hydrogen-bond donors (Lipinski definition) is 0. The highest BCUT2D eigenvalue weighted by molar-refractivity contribution is 7.20. The first-order valence-corrected chi connectivity index (χ1v) is 11.8. The van der Waals surface area contributed by atoms with Crippen molar-refractivity contribution in [1.82, 2.24) is 4.98 Å². The number of rotatable bonds is 9. The number of hydrogen-bond acceptors (Lipinski definition) is 5. The third-order valence-corrected chi connectivity index (χ3v) is 6.33. The second-order valence-electron chi connectivity index (χ2n) is 8.18. The van der Waals surface area contributed by atoms with E-state index < -0.39 is 0 Å². The highest BCUT2D eigenvalue weighted by Gasteiger charge is 2.19. The lowest BCUT2D eigenvalue weighted by Crippen LogP contribution is -2.03. The van der Waals surface area contributed by atoms with Crippen molar-refractivity contribution in [3.8, 4) is 11.5 Å². The van der Waals surface area contributed by atoms with E-state index in [2.05, 4.69) is 13.8 Å². The fourth-order valence-electron chi connectivity index (χ4n) is 3.42. The van der Waals surface area contributed by atoms with Gasteiger partial charge in [-0.3, -0.25) is 4.79 Å². The van der Waals surface area contributed by atoms with Crippen molar-refractivity contribution >= 4 is 39.0 Å². The number of carbonyl (C=O) groups is 1. The molecule has 0 atom stereocenters. The van der Waals surface area contributed by atoms with E-state index in [1.54, 1.807) is 7.11 Å². The maximum Gasteiger partial charge on any atom is 0.196 e. The zero-order valence-corrected chi connectivity index (χ0v) is 19.9. The number of benzene rings is 3. The number of nitrogens with zero attached hydrogens (tertiary/aromatic N) is 1. The Balaban J connectivity index is 1.73. The number of fused-ring (bicyclic) bond motifs is 1. The minimum atomic E-state index is -0.0640. The minimum absolute atomic E-state index is 0.0640. The Morgan fingerprint density at radius 1 is 1.00 bits per heavy atom. The van der Waals surface area contributed by atoms with Gasteiger partial charge < -0.3 is 9.47 Å². The minimum Gasteiger partial charge on any atom is -0.493 e. The molecule has 3 aromatic carbocycles. The van der Waals surface area contributed by atoms with E-state index >= 15 is 0 Å². The first-order valence-electron chi connectivity index (χ1n) is 11.0. The number of thiazole rings is 1. The molecule has 0 spiro atoms. The Morgan fingerprint density at radius 3 is 2.48 bits per heavy atom. The van der Waals surface area contributed by atoms with Crippen molar-refractivity contribution in [1.29, 1.82) is 0 Å². The third-order valence-electron chi connectivity index (χ3n) is 5.26. The maximum absolute atomic E-state index is 13.5. The number of allylic oxidation sites excluding steroid dienone is 1. The van der Waals surface area contributed by atoms with Gasteiger partial charge in [-0.25, -0.2) is 4.98 Å². The summed E-state index contributed by atoms with van der Waals surface area (Å²) in [4.78, 5) is 18.2. The van der Waals surface area contributed by atoms with Crippen molar-refractivity contribution in [2.45, 2.75) is 20.3 Å². The van der Waals surface area contributed by atoms with E-state index in [9.17, 15) is 4.79 Å². The van der Waals surface area contributed by atoms with Crippen molar-refractivity contribution in [2.24, 2.45) is 5.92 Å². The van der Waals surface area contributed by atoms with Crippen LogP contribution in [0, 0.1) is 5.92 Å². The number of carbonyl (C=O) groups excluding carboxylic acids is 1. The molecule has 1 aromatic heterocycles. The Kier molecular flexibility index (Phi) is 7.20. The number of para-hydroxylation sites is 1. The summed E-state index contributed by atoms with van der Waals surface area (Å²) in [6, 6.07) is 23.0. The van der Waals surface area contributed by atoms with Crippen LogP contribution in [0.15, 0.2) is 72.8 Å². The lowest BCUT2D eigenvalue weighted by atomic mass is 10.0. The van der Waals surface area contributed by atoms with Crippen LogP contribution in [0.2, 0.25) is 0 Å². The van der Waals surface area contributed by atoms with Crippen molar-refractivity contribution in [3.63, 3.8) is 0 Å². The van der Waals surface area contributed by atoms with E-state index in [-0.39, 0.29) is 5.78 Å². The molecule has 0 bridgehead atoms. The molecule has 4 nitrogen and oxygen atoms in total. The van der Waals surface area contributed by atoms with Crippen LogP contribution in [0.3, 0.4) is 0 Å². The van der Waals surface area contributed by atoms with E-state index in [0.29, 0.717) is 40.2 Å². The van der Waals surface area contributed by atoms with Gasteiger partial charge in [-0.05, 0) is 48.2 Å². The number of ketones is 1. The molecule has 33 heavy (non-hydrogen) atoms. The largest absolute Gasteiger partial charge is 0.493 e. The molecule has 0 amide bonds. The SMILES string of the molecule is COc1cc(C=C(C(=O)c2ccccc2)c2nc3ccccc3s2)ccc1OCCC(C)C. The summed E-state index contributed by atoms with van der Waals surface area (Å²) >= 11 is 1.52. The Bertz CT molecular complexity index is 1240. The summed E-state index contributed by atoms with van der Waals surface area (Å²) in [7, 11) is 1.63. The molecular formula is C28H27NO3S.